The summed E-state index contributed by atoms with van der Waals surface area (Å²) in [6.07, 6.45) is 8.23. The number of halogens is 1. The Morgan fingerprint density at radius 1 is 1.28 bits per heavy atom. The molecule has 1 aromatic carbocycles. The molecule has 2 bridgehead atoms. The number of esters is 1. The molecule has 2 aliphatic rings. The molecule has 0 radical (unpaired) electrons. The molecular weight excluding hydrogens is 319 g/mol. The van der Waals surface area contributed by atoms with Crippen molar-refractivity contribution in [2.75, 3.05) is 13.1 Å². The molecule has 0 aliphatic carbocycles. The van der Waals surface area contributed by atoms with Crippen molar-refractivity contribution >= 4 is 12.0 Å². The molecule has 0 spiro atoms. The number of hydrogen-bond donors (Lipinski definition) is 0. The van der Waals surface area contributed by atoms with Crippen molar-refractivity contribution in [1.82, 2.24) is 9.88 Å². The summed E-state index contributed by atoms with van der Waals surface area (Å²) >= 11 is 0. The van der Waals surface area contributed by atoms with Crippen molar-refractivity contribution in [1.29, 1.82) is 0 Å². The number of pyridine rings is 1. The number of hydrogen-bond acceptors (Lipinski definition) is 4. The van der Waals surface area contributed by atoms with Gasteiger partial charge in [-0.2, -0.15) is 0 Å². The van der Waals surface area contributed by atoms with Crippen LogP contribution < -0.4 is 0 Å². The molecule has 25 heavy (non-hydrogen) atoms. The zero-order chi connectivity index (χ0) is 17.3. The second-order valence-electron chi connectivity index (χ2n) is 6.70. The van der Waals surface area contributed by atoms with Crippen molar-refractivity contribution in [2.45, 2.75) is 24.9 Å². The molecule has 2 aliphatic heterocycles. The highest BCUT2D eigenvalue weighted by molar-refractivity contribution is 5.89. The zero-order valence-corrected chi connectivity index (χ0v) is 13.8. The van der Waals surface area contributed by atoms with Crippen LogP contribution in [0.3, 0.4) is 0 Å². The van der Waals surface area contributed by atoms with E-state index in [1.54, 1.807) is 6.20 Å². The Bertz CT molecular complexity index is 804. The minimum Gasteiger partial charge on any atom is -0.453 e. The van der Waals surface area contributed by atoms with Gasteiger partial charge in [0.05, 0.1) is 12.1 Å². The fourth-order valence-electron chi connectivity index (χ4n) is 3.69. The van der Waals surface area contributed by atoms with Crippen LogP contribution in [0.5, 0.6) is 0 Å². The first-order valence-corrected chi connectivity index (χ1v) is 8.48. The quantitative estimate of drug-likeness (QED) is 0.801. The molecule has 4 nitrogen and oxygen atoms in total. The third-order valence-corrected chi connectivity index (χ3v) is 4.86. The van der Waals surface area contributed by atoms with E-state index in [-0.39, 0.29) is 11.8 Å². The lowest BCUT2D eigenvalue weighted by molar-refractivity contribution is -0.0270. The molecule has 2 aromatic rings. The van der Waals surface area contributed by atoms with Crippen LogP contribution in [-0.4, -0.2) is 34.5 Å². The van der Waals surface area contributed by atoms with Gasteiger partial charge in [-0.25, -0.2) is 9.18 Å². The Labute approximate surface area is 145 Å². The monoisotopic (exact) mass is 338 g/mol. The second kappa shape index (κ2) is 6.31. The highest BCUT2D eigenvalue weighted by atomic mass is 19.1. The summed E-state index contributed by atoms with van der Waals surface area (Å²) in [5.41, 5.74) is 2.12. The predicted molar refractivity (Wildman–Crippen MR) is 92.2 cm³/mol. The minimum absolute atomic E-state index is 0.360. The SMILES string of the molecule is O=C(OC12CCCN(C1)/C(=C/c1cccnc1)C2)c1ccc(F)cc1. The van der Waals surface area contributed by atoms with Crippen LogP contribution in [-0.2, 0) is 4.74 Å². The molecule has 5 heteroatoms. The van der Waals surface area contributed by atoms with Crippen LogP contribution in [0.15, 0.2) is 54.5 Å². The summed E-state index contributed by atoms with van der Waals surface area (Å²) in [7, 11) is 0. The molecule has 3 heterocycles. The second-order valence-corrected chi connectivity index (χ2v) is 6.70. The summed E-state index contributed by atoms with van der Waals surface area (Å²) < 4.78 is 18.9. The highest BCUT2D eigenvalue weighted by Crippen LogP contribution is 2.41. The van der Waals surface area contributed by atoms with E-state index in [0.29, 0.717) is 18.5 Å². The number of carbonyl (C=O) groups is 1. The number of carbonyl (C=O) groups excluding carboxylic acids is 1. The molecule has 0 saturated carbocycles. The summed E-state index contributed by atoms with van der Waals surface area (Å²) in [5, 5.41) is 0. The number of nitrogens with zero attached hydrogens (tertiary/aromatic N) is 2. The molecule has 2 fully saturated rings. The summed E-state index contributed by atoms with van der Waals surface area (Å²) in [6, 6.07) is 9.42. The van der Waals surface area contributed by atoms with Gasteiger partial charge in [-0.15, -0.1) is 0 Å². The number of ether oxygens (including phenoxy) is 1. The number of rotatable bonds is 3. The van der Waals surface area contributed by atoms with Gasteiger partial charge in [0.1, 0.15) is 11.4 Å². The van der Waals surface area contributed by atoms with Gasteiger partial charge in [-0.1, -0.05) is 6.07 Å². The Kier molecular flexibility index (Phi) is 3.99. The Morgan fingerprint density at radius 2 is 2.12 bits per heavy atom. The highest BCUT2D eigenvalue weighted by Gasteiger charge is 2.46. The standard InChI is InChI=1S/C20H19FN2O2/c21-17-6-4-16(5-7-17)19(24)25-20-8-2-10-23(14-20)18(12-20)11-15-3-1-9-22-13-15/h1,3-7,9,11,13H,2,8,10,12,14H2/b18-11+. The first kappa shape index (κ1) is 15.8. The molecule has 128 valence electrons. The largest absolute Gasteiger partial charge is 0.453 e. The maximum Gasteiger partial charge on any atom is 0.338 e. The normalized spacial score (nSPS) is 23.7. The van der Waals surface area contributed by atoms with Gasteiger partial charge in [0, 0.05) is 31.1 Å². The average Bonchev–Trinajstić information content (AvgIpc) is 2.85. The smallest absolute Gasteiger partial charge is 0.338 e. The van der Waals surface area contributed by atoms with Gasteiger partial charge in [0.15, 0.2) is 0 Å². The van der Waals surface area contributed by atoms with Gasteiger partial charge in [-0.3, -0.25) is 4.98 Å². The van der Waals surface area contributed by atoms with Crippen molar-refractivity contribution in [3.8, 4) is 0 Å². The fraction of sp³-hybridized carbons (Fsp3) is 0.300. The molecule has 1 aromatic heterocycles. The van der Waals surface area contributed by atoms with Crippen LogP contribution in [0.1, 0.15) is 35.2 Å². The lowest BCUT2D eigenvalue weighted by Crippen LogP contribution is -2.42. The fourth-order valence-corrected chi connectivity index (χ4v) is 3.69. The Hall–Kier alpha value is -2.69. The van der Waals surface area contributed by atoms with E-state index >= 15 is 0 Å². The van der Waals surface area contributed by atoms with E-state index in [0.717, 1.165) is 24.9 Å². The van der Waals surface area contributed by atoms with Crippen LogP contribution >= 0.6 is 0 Å². The summed E-state index contributed by atoms with van der Waals surface area (Å²) in [6.45, 7) is 1.69. The van der Waals surface area contributed by atoms with Crippen molar-refractivity contribution < 1.29 is 13.9 Å². The van der Waals surface area contributed by atoms with E-state index in [2.05, 4.69) is 16.0 Å². The van der Waals surface area contributed by atoms with Crippen LogP contribution in [0.25, 0.3) is 6.08 Å². The maximum absolute atomic E-state index is 13.0. The van der Waals surface area contributed by atoms with Gasteiger partial charge in [0.25, 0.3) is 0 Å². The molecule has 1 unspecified atom stereocenters. The summed E-state index contributed by atoms with van der Waals surface area (Å²) in [4.78, 5) is 18.9. The van der Waals surface area contributed by atoms with Crippen LogP contribution in [0.2, 0.25) is 0 Å². The molecule has 2 saturated heterocycles. The van der Waals surface area contributed by atoms with Gasteiger partial charge < -0.3 is 9.64 Å². The van der Waals surface area contributed by atoms with Crippen LogP contribution in [0, 0.1) is 5.82 Å². The molecule has 0 N–H and O–H groups in total. The first-order chi connectivity index (χ1) is 12.1. The van der Waals surface area contributed by atoms with Gasteiger partial charge in [0.2, 0.25) is 0 Å². The summed E-state index contributed by atoms with van der Waals surface area (Å²) in [5.74, 6) is -0.745. The van der Waals surface area contributed by atoms with E-state index in [1.165, 1.54) is 30.0 Å². The average molecular weight is 338 g/mol. The molecule has 1 atom stereocenters. The zero-order valence-electron chi connectivity index (χ0n) is 13.8. The van der Waals surface area contributed by atoms with Crippen molar-refractivity contribution in [2.24, 2.45) is 0 Å². The van der Waals surface area contributed by atoms with E-state index in [1.807, 2.05) is 18.3 Å². The lowest BCUT2D eigenvalue weighted by atomic mass is 9.94. The molecule has 0 amide bonds. The third kappa shape index (κ3) is 3.27. The molecule has 4 rings (SSSR count). The number of piperidine rings is 1. The Balaban J connectivity index is 1.54. The lowest BCUT2D eigenvalue weighted by Gasteiger charge is -2.33. The van der Waals surface area contributed by atoms with Crippen molar-refractivity contribution in [3.63, 3.8) is 0 Å². The number of fused-ring (bicyclic) bond motifs is 2. The maximum atomic E-state index is 13.0. The van der Waals surface area contributed by atoms with E-state index < -0.39 is 5.60 Å². The number of benzene rings is 1. The van der Waals surface area contributed by atoms with Gasteiger partial charge in [-0.05, 0) is 54.8 Å². The molecular formula is C20H19FN2O2. The Morgan fingerprint density at radius 3 is 2.88 bits per heavy atom. The minimum atomic E-state index is -0.488. The van der Waals surface area contributed by atoms with Gasteiger partial charge >= 0.3 is 5.97 Å². The predicted octanol–water partition coefficient (Wildman–Crippen LogP) is 3.66. The van der Waals surface area contributed by atoms with E-state index in [4.69, 9.17) is 4.74 Å². The van der Waals surface area contributed by atoms with Crippen LogP contribution in [0.4, 0.5) is 4.39 Å². The number of aromatic nitrogens is 1. The van der Waals surface area contributed by atoms with Crippen molar-refractivity contribution in [3.05, 3.63) is 71.4 Å². The topological polar surface area (TPSA) is 42.4 Å². The third-order valence-electron chi connectivity index (χ3n) is 4.86. The first-order valence-electron chi connectivity index (χ1n) is 8.48. The van der Waals surface area contributed by atoms with E-state index in [9.17, 15) is 9.18 Å².